The molecule has 6 heteroatoms. The summed E-state index contributed by atoms with van der Waals surface area (Å²) in [5.74, 6) is 0.619. The molecule has 1 heterocycles. The average molecular weight is 335 g/mol. The molecule has 0 unspecified atom stereocenters. The highest BCUT2D eigenvalue weighted by Crippen LogP contribution is 2.29. The molecule has 0 fully saturated rings. The summed E-state index contributed by atoms with van der Waals surface area (Å²) in [5.41, 5.74) is 1.07. The number of carbonyl (C=O) groups excluding carboxylic acids is 1. The standard InChI is InChI=1S/C16H21N3OS2/c1-3-10-19(11-4-2)14(20)12-21-16-18-17-15(22-16)13-8-6-5-7-9-13/h5-9H,3-4,10-12H2,1-2H3. The van der Waals surface area contributed by atoms with Crippen molar-refractivity contribution < 1.29 is 4.79 Å². The van der Waals surface area contributed by atoms with Crippen molar-refractivity contribution in [1.29, 1.82) is 0 Å². The molecule has 4 nitrogen and oxygen atoms in total. The quantitative estimate of drug-likeness (QED) is 0.685. The van der Waals surface area contributed by atoms with Gasteiger partial charge in [0.25, 0.3) is 0 Å². The first-order valence-corrected chi connectivity index (χ1v) is 9.34. The highest BCUT2D eigenvalue weighted by atomic mass is 32.2. The zero-order valence-corrected chi connectivity index (χ0v) is 14.6. The molecular formula is C16H21N3OS2. The van der Waals surface area contributed by atoms with Crippen LogP contribution in [0.1, 0.15) is 26.7 Å². The van der Waals surface area contributed by atoms with Crippen molar-refractivity contribution in [1.82, 2.24) is 15.1 Å². The Hall–Kier alpha value is -1.40. The van der Waals surface area contributed by atoms with Crippen molar-refractivity contribution in [2.45, 2.75) is 31.0 Å². The minimum absolute atomic E-state index is 0.185. The number of carbonyl (C=O) groups is 1. The van der Waals surface area contributed by atoms with Crippen molar-refractivity contribution in [3.8, 4) is 10.6 Å². The van der Waals surface area contributed by atoms with Gasteiger partial charge in [0.2, 0.25) is 5.91 Å². The van der Waals surface area contributed by atoms with Crippen LogP contribution in [0.4, 0.5) is 0 Å². The Morgan fingerprint density at radius 2 is 1.82 bits per heavy atom. The smallest absolute Gasteiger partial charge is 0.233 e. The lowest BCUT2D eigenvalue weighted by Crippen LogP contribution is -2.33. The summed E-state index contributed by atoms with van der Waals surface area (Å²) in [5, 5.41) is 9.28. The maximum absolute atomic E-state index is 12.2. The molecule has 1 aromatic carbocycles. The molecule has 0 saturated carbocycles. The molecule has 1 amide bonds. The molecule has 2 aromatic rings. The summed E-state index contributed by atoms with van der Waals surface area (Å²) in [6, 6.07) is 9.99. The lowest BCUT2D eigenvalue weighted by molar-refractivity contribution is -0.128. The predicted octanol–water partition coefficient (Wildman–Crippen LogP) is 3.95. The van der Waals surface area contributed by atoms with Gasteiger partial charge in [-0.05, 0) is 12.8 Å². The SMILES string of the molecule is CCCN(CCC)C(=O)CSc1nnc(-c2ccccc2)s1. The zero-order valence-electron chi connectivity index (χ0n) is 13.0. The van der Waals surface area contributed by atoms with Crippen LogP contribution in [0.2, 0.25) is 0 Å². The molecule has 0 radical (unpaired) electrons. The van der Waals surface area contributed by atoms with Gasteiger partial charge < -0.3 is 4.90 Å². The van der Waals surface area contributed by atoms with Crippen molar-refractivity contribution in [2.75, 3.05) is 18.8 Å². The lowest BCUT2D eigenvalue weighted by Gasteiger charge is -2.20. The Bertz CT molecular complexity index is 580. The third kappa shape index (κ3) is 4.81. The van der Waals surface area contributed by atoms with Gasteiger partial charge in [-0.2, -0.15) is 0 Å². The monoisotopic (exact) mass is 335 g/mol. The molecule has 0 aliphatic rings. The van der Waals surface area contributed by atoms with E-state index in [2.05, 4.69) is 24.0 Å². The van der Waals surface area contributed by atoms with Crippen LogP contribution in [0.25, 0.3) is 10.6 Å². The second kappa shape index (κ2) is 8.90. The number of nitrogens with zero attached hydrogens (tertiary/aromatic N) is 3. The van der Waals surface area contributed by atoms with Crippen LogP contribution >= 0.6 is 23.1 Å². The third-order valence-electron chi connectivity index (χ3n) is 3.09. The first-order valence-electron chi connectivity index (χ1n) is 7.54. The summed E-state index contributed by atoms with van der Waals surface area (Å²) in [6.07, 6.45) is 1.99. The molecule has 0 aliphatic carbocycles. The summed E-state index contributed by atoms with van der Waals surface area (Å²) in [4.78, 5) is 14.2. The van der Waals surface area contributed by atoms with E-state index in [0.717, 1.165) is 40.8 Å². The lowest BCUT2D eigenvalue weighted by atomic mass is 10.2. The van der Waals surface area contributed by atoms with E-state index in [1.807, 2.05) is 35.2 Å². The van der Waals surface area contributed by atoms with Crippen molar-refractivity contribution in [3.63, 3.8) is 0 Å². The van der Waals surface area contributed by atoms with Crippen LogP contribution in [0.15, 0.2) is 34.7 Å². The highest BCUT2D eigenvalue weighted by Gasteiger charge is 2.14. The van der Waals surface area contributed by atoms with Crippen LogP contribution in [0.3, 0.4) is 0 Å². The van der Waals surface area contributed by atoms with Gasteiger partial charge in [0, 0.05) is 18.7 Å². The normalized spacial score (nSPS) is 10.6. The van der Waals surface area contributed by atoms with Gasteiger partial charge in [0.1, 0.15) is 5.01 Å². The summed E-state index contributed by atoms with van der Waals surface area (Å²) in [7, 11) is 0. The van der Waals surface area contributed by atoms with E-state index in [1.54, 1.807) is 0 Å². The van der Waals surface area contributed by atoms with Crippen LogP contribution in [0.5, 0.6) is 0 Å². The van der Waals surface area contributed by atoms with Crippen LogP contribution in [-0.2, 0) is 4.79 Å². The summed E-state index contributed by atoms with van der Waals surface area (Å²) >= 11 is 3.01. The number of benzene rings is 1. The van der Waals surface area contributed by atoms with Gasteiger partial charge in [-0.15, -0.1) is 10.2 Å². The Morgan fingerprint density at radius 3 is 2.45 bits per heavy atom. The fourth-order valence-corrected chi connectivity index (χ4v) is 3.84. The molecule has 1 aromatic heterocycles. The fraction of sp³-hybridized carbons (Fsp3) is 0.438. The first kappa shape index (κ1) is 17.0. The molecule has 0 atom stereocenters. The minimum atomic E-state index is 0.185. The van der Waals surface area contributed by atoms with Gasteiger partial charge in [0.05, 0.1) is 5.75 Å². The van der Waals surface area contributed by atoms with E-state index in [9.17, 15) is 4.79 Å². The highest BCUT2D eigenvalue weighted by molar-refractivity contribution is 8.01. The first-order chi connectivity index (χ1) is 10.7. The Labute approximate surface area is 140 Å². The summed E-state index contributed by atoms with van der Waals surface area (Å²) in [6.45, 7) is 5.86. The summed E-state index contributed by atoms with van der Waals surface area (Å²) < 4.78 is 0.847. The van der Waals surface area contributed by atoms with E-state index in [-0.39, 0.29) is 5.91 Å². The van der Waals surface area contributed by atoms with Crippen molar-refractivity contribution >= 4 is 29.0 Å². The number of rotatable bonds is 8. The van der Waals surface area contributed by atoms with E-state index in [4.69, 9.17) is 0 Å². The predicted molar refractivity (Wildman–Crippen MR) is 93.2 cm³/mol. The van der Waals surface area contributed by atoms with Crippen molar-refractivity contribution in [3.05, 3.63) is 30.3 Å². The molecule has 0 N–H and O–H groups in total. The van der Waals surface area contributed by atoms with E-state index in [0.29, 0.717) is 5.75 Å². The van der Waals surface area contributed by atoms with E-state index < -0.39 is 0 Å². The molecule has 0 saturated heterocycles. The molecule has 0 bridgehead atoms. The number of aromatic nitrogens is 2. The Kier molecular flexibility index (Phi) is 6.86. The topological polar surface area (TPSA) is 46.1 Å². The van der Waals surface area contributed by atoms with Crippen molar-refractivity contribution in [2.24, 2.45) is 0 Å². The molecule has 118 valence electrons. The van der Waals surface area contributed by atoms with E-state index >= 15 is 0 Å². The van der Waals surface area contributed by atoms with Crippen LogP contribution < -0.4 is 0 Å². The average Bonchev–Trinajstić information content (AvgIpc) is 3.02. The van der Waals surface area contributed by atoms with Gasteiger partial charge in [-0.1, -0.05) is 67.3 Å². The third-order valence-corrected chi connectivity index (χ3v) is 5.18. The second-order valence-electron chi connectivity index (χ2n) is 4.91. The Morgan fingerprint density at radius 1 is 1.14 bits per heavy atom. The zero-order chi connectivity index (χ0) is 15.8. The maximum atomic E-state index is 12.2. The van der Waals surface area contributed by atoms with Gasteiger partial charge in [0.15, 0.2) is 4.34 Å². The number of hydrogen-bond acceptors (Lipinski definition) is 5. The Balaban J connectivity index is 1.92. The largest absolute Gasteiger partial charge is 0.342 e. The van der Waals surface area contributed by atoms with E-state index in [1.165, 1.54) is 23.1 Å². The van der Waals surface area contributed by atoms with Crippen LogP contribution in [0, 0.1) is 0 Å². The minimum Gasteiger partial charge on any atom is -0.342 e. The molecule has 22 heavy (non-hydrogen) atoms. The number of thioether (sulfide) groups is 1. The van der Waals surface area contributed by atoms with Gasteiger partial charge in [-0.3, -0.25) is 4.79 Å². The van der Waals surface area contributed by atoms with Gasteiger partial charge in [-0.25, -0.2) is 0 Å². The second-order valence-corrected chi connectivity index (χ2v) is 7.11. The van der Waals surface area contributed by atoms with Gasteiger partial charge >= 0.3 is 0 Å². The molecule has 0 aliphatic heterocycles. The molecular weight excluding hydrogens is 314 g/mol. The molecule has 2 rings (SSSR count). The number of amides is 1. The molecule has 0 spiro atoms. The van der Waals surface area contributed by atoms with Crippen LogP contribution in [-0.4, -0.2) is 39.8 Å². The fourth-order valence-electron chi connectivity index (χ4n) is 2.08. The maximum Gasteiger partial charge on any atom is 0.233 e. The number of hydrogen-bond donors (Lipinski definition) is 0.